The number of nitrogens with two attached hydrogens (primary N) is 1. The number of hydrogen-bond donors (Lipinski definition) is 1. The lowest BCUT2D eigenvalue weighted by molar-refractivity contribution is -0.135. The normalized spacial score (nSPS) is 18.2. The third-order valence-corrected chi connectivity index (χ3v) is 4.17. The lowest BCUT2D eigenvalue weighted by Gasteiger charge is -2.32. The molecule has 1 saturated heterocycles. The van der Waals surface area contributed by atoms with E-state index in [0.29, 0.717) is 19.0 Å². The highest BCUT2D eigenvalue weighted by Gasteiger charge is 2.25. The van der Waals surface area contributed by atoms with Gasteiger partial charge in [0.2, 0.25) is 5.91 Å². The van der Waals surface area contributed by atoms with Crippen LogP contribution in [-0.2, 0) is 9.53 Å². The van der Waals surface area contributed by atoms with Gasteiger partial charge in [0, 0.05) is 32.9 Å². The summed E-state index contributed by atoms with van der Waals surface area (Å²) in [7, 11) is 1.59. The largest absolute Gasteiger partial charge is 0.380 e. The molecular weight excluding hydrogens is 324 g/mol. The van der Waals surface area contributed by atoms with Crippen LogP contribution in [0.3, 0.4) is 0 Å². The third kappa shape index (κ3) is 3.80. The zero-order valence-corrected chi connectivity index (χ0v) is 13.3. The Bertz CT molecular complexity index is 439. The summed E-state index contributed by atoms with van der Waals surface area (Å²) in [5.74, 6) is 0.127. The standard InChI is InChI=1S/C13H21BrN4O2/c1-20-12(7-15)6-13(19)17-4-2-11(3-5-17)18-9-10(14)8-16-18/h8-9,11-12H,2-7,15H2,1H3. The third-order valence-electron chi connectivity index (χ3n) is 3.76. The van der Waals surface area contributed by atoms with E-state index < -0.39 is 0 Å². The van der Waals surface area contributed by atoms with Gasteiger partial charge in [0.05, 0.1) is 29.2 Å². The molecule has 6 nitrogen and oxygen atoms in total. The summed E-state index contributed by atoms with van der Waals surface area (Å²) in [6.45, 7) is 1.91. The number of ether oxygens (including phenoxy) is 1. The summed E-state index contributed by atoms with van der Waals surface area (Å²) in [5.41, 5.74) is 5.55. The van der Waals surface area contributed by atoms with Crippen molar-refractivity contribution in [3.8, 4) is 0 Å². The predicted molar refractivity (Wildman–Crippen MR) is 79.2 cm³/mol. The molecule has 0 aliphatic carbocycles. The van der Waals surface area contributed by atoms with Crippen LogP contribution < -0.4 is 5.73 Å². The van der Waals surface area contributed by atoms with Crippen molar-refractivity contribution in [1.29, 1.82) is 0 Å². The molecule has 1 aliphatic rings. The highest BCUT2D eigenvalue weighted by Crippen LogP contribution is 2.23. The quantitative estimate of drug-likeness (QED) is 0.870. The van der Waals surface area contributed by atoms with Crippen molar-refractivity contribution >= 4 is 21.8 Å². The van der Waals surface area contributed by atoms with Crippen molar-refractivity contribution < 1.29 is 9.53 Å². The van der Waals surface area contributed by atoms with Gasteiger partial charge < -0.3 is 15.4 Å². The van der Waals surface area contributed by atoms with Crippen molar-refractivity contribution in [3.05, 3.63) is 16.9 Å². The minimum absolute atomic E-state index is 0.127. The fourth-order valence-electron chi connectivity index (χ4n) is 2.48. The molecule has 0 radical (unpaired) electrons. The molecule has 2 N–H and O–H groups in total. The molecule has 1 unspecified atom stereocenters. The second-order valence-corrected chi connectivity index (χ2v) is 5.96. The highest BCUT2D eigenvalue weighted by atomic mass is 79.9. The van der Waals surface area contributed by atoms with Crippen LogP contribution >= 0.6 is 15.9 Å². The maximum atomic E-state index is 12.1. The number of piperidine rings is 1. The van der Waals surface area contributed by atoms with Gasteiger partial charge in [0.15, 0.2) is 0 Å². The Morgan fingerprint density at radius 2 is 2.30 bits per heavy atom. The summed E-state index contributed by atoms with van der Waals surface area (Å²) in [6, 6.07) is 0.373. The Morgan fingerprint density at radius 1 is 1.60 bits per heavy atom. The topological polar surface area (TPSA) is 73.4 Å². The smallest absolute Gasteiger partial charge is 0.225 e. The van der Waals surface area contributed by atoms with Crippen molar-refractivity contribution in [2.75, 3.05) is 26.7 Å². The summed E-state index contributed by atoms with van der Waals surface area (Å²) in [6.07, 6.45) is 5.83. The Kier molecular flexibility index (Phi) is 5.56. The molecule has 2 rings (SSSR count). The Morgan fingerprint density at radius 3 is 2.80 bits per heavy atom. The minimum atomic E-state index is -0.178. The first-order valence-electron chi connectivity index (χ1n) is 6.84. The number of aromatic nitrogens is 2. The van der Waals surface area contributed by atoms with Crippen LogP contribution in [0.2, 0.25) is 0 Å². The summed E-state index contributed by atoms with van der Waals surface area (Å²) in [4.78, 5) is 14.0. The fourth-order valence-corrected chi connectivity index (χ4v) is 2.78. The number of methoxy groups -OCH3 is 1. The molecule has 112 valence electrons. The van der Waals surface area contributed by atoms with Crippen LogP contribution in [0.4, 0.5) is 0 Å². The number of rotatable bonds is 5. The van der Waals surface area contributed by atoms with Gasteiger partial charge in [-0.15, -0.1) is 0 Å². The molecule has 0 aromatic carbocycles. The minimum Gasteiger partial charge on any atom is -0.380 e. The molecule has 7 heteroatoms. The highest BCUT2D eigenvalue weighted by molar-refractivity contribution is 9.10. The van der Waals surface area contributed by atoms with Crippen LogP contribution in [0.1, 0.15) is 25.3 Å². The number of nitrogens with zero attached hydrogens (tertiary/aromatic N) is 3. The molecule has 20 heavy (non-hydrogen) atoms. The zero-order chi connectivity index (χ0) is 14.5. The molecule has 0 spiro atoms. The zero-order valence-electron chi connectivity index (χ0n) is 11.7. The van der Waals surface area contributed by atoms with Gasteiger partial charge in [-0.2, -0.15) is 5.10 Å². The molecule has 2 heterocycles. The number of hydrogen-bond acceptors (Lipinski definition) is 4. The molecule has 1 aromatic rings. The van der Waals surface area contributed by atoms with Gasteiger partial charge in [-0.25, -0.2) is 0 Å². The first kappa shape index (κ1) is 15.5. The van der Waals surface area contributed by atoms with E-state index in [2.05, 4.69) is 21.0 Å². The van der Waals surface area contributed by atoms with Gasteiger partial charge in [-0.05, 0) is 28.8 Å². The van der Waals surface area contributed by atoms with E-state index in [1.165, 1.54) is 0 Å². The van der Waals surface area contributed by atoms with E-state index in [1.54, 1.807) is 13.3 Å². The van der Waals surface area contributed by atoms with Crippen LogP contribution in [-0.4, -0.2) is 53.4 Å². The molecule has 1 atom stereocenters. The number of amides is 1. The fraction of sp³-hybridized carbons (Fsp3) is 0.692. The number of carbonyl (C=O) groups excluding carboxylic acids is 1. The summed E-state index contributed by atoms with van der Waals surface area (Å²) < 4.78 is 8.13. The SMILES string of the molecule is COC(CN)CC(=O)N1CCC(n2cc(Br)cn2)CC1. The molecule has 1 aliphatic heterocycles. The molecule has 1 amide bonds. The maximum absolute atomic E-state index is 12.1. The van der Waals surface area contributed by atoms with E-state index in [1.807, 2.05) is 15.8 Å². The Labute approximate surface area is 127 Å². The second kappa shape index (κ2) is 7.19. The lowest BCUT2D eigenvalue weighted by Crippen LogP contribution is -2.41. The van der Waals surface area contributed by atoms with Gasteiger partial charge >= 0.3 is 0 Å². The van der Waals surface area contributed by atoms with E-state index >= 15 is 0 Å². The molecule has 0 bridgehead atoms. The number of carbonyl (C=O) groups is 1. The van der Waals surface area contributed by atoms with E-state index in [4.69, 9.17) is 10.5 Å². The molecule has 1 aromatic heterocycles. The summed E-state index contributed by atoms with van der Waals surface area (Å²) >= 11 is 3.40. The average Bonchev–Trinajstić information content (AvgIpc) is 2.91. The van der Waals surface area contributed by atoms with Crippen molar-refractivity contribution in [3.63, 3.8) is 0 Å². The molecular formula is C13H21BrN4O2. The number of halogens is 1. The van der Waals surface area contributed by atoms with E-state index in [-0.39, 0.29) is 12.0 Å². The predicted octanol–water partition coefficient (Wildman–Crippen LogP) is 1.17. The first-order valence-corrected chi connectivity index (χ1v) is 7.63. The number of likely N-dealkylation sites (tertiary alicyclic amines) is 1. The van der Waals surface area contributed by atoms with Crippen LogP contribution in [0, 0.1) is 0 Å². The van der Waals surface area contributed by atoms with Crippen molar-refractivity contribution in [1.82, 2.24) is 14.7 Å². The van der Waals surface area contributed by atoms with Crippen LogP contribution in [0.25, 0.3) is 0 Å². The van der Waals surface area contributed by atoms with Gasteiger partial charge in [0.25, 0.3) is 0 Å². The van der Waals surface area contributed by atoms with Crippen LogP contribution in [0.15, 0.2) is 16.9 Å². The molecule has 0 saturated carbocycles. The van der Waals surface area contributed by atoms with Gasteiger partial charge in [0.1, 0.15) is 0 Å². The Hall–Kier alpha value is -0.920. The van der Waals surface area contributed by atoms with E-state index in [0.717, 1.165) is 30.4 Å². The van der Waals surface area contributed by atoms with Gasteiger partial charge in [-0.1, -0.05) is 0 Å². The van der Waals surface area contributed by atoms with E-state index in [9.17, 15) is 4.79 Å². The maximum Gasteiger partial charge on any atom is 0.225 e. The first-order chi connectivity index (χ1) is 9.63. The van der Waals surface area contributed by atoms with Crippen molar-refractivity contribution in [2.45, 2.75) is 31.4 Å². The summed E-state index contributed by atoms with van der Waals surface area (Å²) in [5, 5.41) is 4.31. The van der Waals surface area contributed by atoms with Crippen LogP contribution in [0.5, 0.6) is 0 Å². The monoisotopic (exact) mass is 344 g/mol. The lowest BCUT2D eigenvalue weighted by atomic mass is 10.0. The van der Waals surface area contributed by atoms with Gasteiger partial charge in [-0.3, -0.25) is 9.48 Å². The second-order valence-electron chi connectivity index (χ2n) is 5.05. The Balaban J connectivity index is 1.83. The molecule has 1 fully saturated rings. The average molecular weight is 345 g/mol. The van der Waals surface area contributed by atoms with Crippen molar-refractivity contribution in [2.24, 2.45) is 5.73 Å².